The zero-order valence-electron chi connectivity index (χ0n) is 12.7. The number of nitrogens with zero attached hydrogens (tertiary/aromatic N) is 2. The Balaban J connectivity index is 1.87. The van der Waals surface area contributed by atoms with E-state index in [1.807, 2.05) is 4.90 Å². The number of carbonyl (C=O) groups is 3. The first kappa shape index (κ1) is 16.9. The molecule has 1 saturated heterocycles. The smallest absolute Gasteiger partial charge is 0.316 e. The average molecular weight is 320 g/mol. The summed E-state index contributed by atoms with van der Waals surface area (Å²) in [4.78, 5) is 39.3. The SMILES string of the molecule is Nc1ccc(C(=O)NC(=O)C(=O)N2CCN(CCO)CC2)cc1. The fraction of sp³-hybridized carbons (Fsp3) is 0.400. The minimum atomic E-state index is -0.942. The maximum atomic E-state index is 12.1. The lowest BCUT2D eigenvalue weighted by molar-refractivity contribution is -0.146. The van der Waals surface area contributed by atoms with E-state index in [2.05, 4.69) is 5.32 Å². The Hall–Kier alpha value is -2.45. The number of anilines is 1. The predicted octanol–water partition coefficient (Wildman–Crippen LogP) is -1.34. The molecule has 8 nitrogen and oxygen atoms in total. The monoisotopic (exact) mass is 320 g/mol. The molecule has 0 saturated carbocycles. The molecule has 1 fully saturated rings. The van der Waals surface area contributed by atoms with Crippen LogP contribution in [0.4, 0.5) is 5.69 Å². The lowest BCUT2D eigenvalue weighted by Gasteiger charge is -2.33. The van der Waals surface area contributed by atoms with Crippen molar-refractivity contribution in [2.24, 2.45) is 0 Å². The first-order valence-electron chi connectivity index (χ1n) is 7.34. The third kappa shape index (κ3) is 4.51. The molecule has 0 radical (unpaired) electrons. The van der Waals surface area contributed by atoms with E-state index in [0.717, 1.165) is 0 Å². The van der Waals surface area contributed by atoms with E-state index in [4.69, 9.17) is 10.8 Å². The van der Waals surface area contributed by atoms with Gasteiger partial charge in [0.1, 0.15) is 0 Å². The Bertz CT molecular complexity index is 580. The van der Waals surface area contributed by atoms with E-state index >= 15 is 0 Å². The summed E-state index contributed by atoms with van der Waals surface area (Å²) in [7, 11) is 0. The number of carbonyl (C=O) groups excluding carboxylic acids is 3. The largest absolute Gasteiger partial charge is 0.399 e. The van der Waals surface area contributed by atoms with Crippen molar-refractivity contribution in [2.45, 2.75) is 0 Å². The van der Waals surface area contributed by atoms with Crippen LogP contribution in [-0.4, -0.2) is 72.0 Å². The highest BCUT2D eigenvalue weighted by Crippen LogP contribution is 2.06. The number of imide groups is 1. The summed E-state index contributed by atoms with van der Waals surface area (Å²) >= 11 is 0. The first-order chi connectivity index (χ1) is 11.0. The number of benzene rings is 1. The van der Waals surface area contributed by atoms with Crippen LogP contribution in [0.25, 0.3) is 0 Å². The molecular formula is C15H20N4O4. The highest BCUT2D eigenvalue weighted by molar-refractivity contribution is 6.38. The Kier molecular flexibility index (Phi) is 5.67. The van der Waals surface area contributed by atoms with E-state index in [1.165, 1.54) is 17.0 Å². The number of hydrogen-bond acceptors (Lipinski definition) is 6. The quantitative estimate of drug-likeness (QED) is 0.469. The van der Waals surface area contributed by atoms with Gasteiger partial charge in [-0.1, -0.05) is 0 Å². The highest BCUT2D eigenvalue weighted by Gasteiger charge is 2.27. The van der Waals surface area contributed by atoms with Crippen LogP contribution in [0, 0.1) is 0 Å². The van der Waals surface area contributed by atoms with Crippen molar-refractivity contribution in [3.05, 3.63) is 29.8 Å². The fourth-order valence-corrected chi connectivity index (χ4v) is 2.32. The normalized spacial score (nSPS) is 15.3. The predicted molar refractivity (Wildman–Crippen MR) is 83.4 cm³/mol. The van der Waals surface area contributed by atoms with E-state index in [9.17, 15) is 14.4 Å². The maximum Gasteiger partial charge on any atom is 0.316 e. The summed E-state index contributed by atoms with van der Waals surface area (Å²) in [6.07, 6.45) is 0. The molecule has 1 aliphatic rings. The van der Waals surface area contributed by atoms with Gasteiger partial charge in [-0.05, 0) is 24.3 Å². The van der Waals surface area contributed by atoms with Crippen molar-refractivity contribution in [1.29, 1.82) is 0 Å². The molecule has 23 heavy (non-hydrogen) atoms. The highest BCUT2D eigenvalue weighted by atomic mass is 16.3. The molecule has 0 bridgehead atoms. The molecule has 3 amide bonds. The summed E-state index contributed by atoms with van der Waals surface area (Å²) in [6, 6.07) is 6.05. The molecule has 4 N–H and O–H groups in total. The molecule has 1 aromatic carbocycles. The minimum absolute atomic E-state index is 0.0600. The number of nitrogen functional groups attached to an aromatic ring is 1. The van der Waals surface area contributed by atoms with Gasteiger partial charge in [0, 0.05) is 44.0 Å². The summed E-state index contributed by atoms with van der Waals surface area (Å²) in [5, 5.41) is 11.0. The second-order valence-electron chi connectivity index (χ2n) is 5.26. The number of piperazine rings is 1. The molecule has 1 aliphatic heterocycles. The van der Waals surface area contributed by atoms with Gasteiger partial charge in [-0.3, -0.25) is 24.6 Å². The zero-order chi connectivity index (χ0) is 16.8. The molecule has 0 aromatic heterocycles. The molecule has 124 valence electrons. The number of aliphatic hydroxyl groups is 1. The summed E-state index contributed by atoms with van der Waals surface area (Å²) < 4.78 is 0. The standard InChI is InChI=1S/C15H20N4O4/c16-12-3-1-11(2-4-12)13(21)17-14(22)15(23)19-7-5-18(6-8-19)9-10-20/h1-4,20H,5-10,16H2,(H,17,21,22). The lowest BCUT2D eigenvalue weighted by Crippen LogP contribution is -2.53. The molecule has 8 heteroatoms. The van der Waals surface area contributed by atoms with E-state index < -0.39 is 17.7 Å². The Morgan fingerprint density at radius 1 is 1.09 bits per heavy atom. The first-order valence-corrected chi connectivity index (χ1v) is 7.34. The van der Waals surface area contributed by atoms with Gasteiger partial charge in [0.25, 0.3) is 5.91 Å². The summed E-state index contributed by atoms with van der Waals surface area (Å²) in [5.41, 5.74) is 6.29. The van der Waals surface area contributed by atoms with Crippen LogP contribution >= 0.6 is 0 Å². The second kappa shape index (κ2) is 7.70. The van der Waals surface area contributed by atoms with Gasteiger partial charge in [-0.15, -0.1) is 0 Å². The van der Waals surface area contributed by atoms with Crippen LogP contribution in [-0.2, 0) is 9.59 Å². The van der Waals surface area contributed by atoms with Crippen molar-refractivity contribution >= 4 is 23.4 Å². The van der Waals surface area contributed by atoms with Crippen LogP contribution in [0.15, 0.2) is 24.3 Å². The minimum Gasteiger partial charge on any atom is -0.399 e. The van der Waals surface area contributed by atoms with Crippen molar-refractivity contribution in [2.75, 3.05) is 45.1 Å². The van der Waals surface area contributed by atoms with Crippen molar-refractivity contribution < 1.29 is 19.5 Å². The summed E-state index contributed by atoms with van der Waals surface area (Å²) in [5.74, 6) is -2.30. The van der Waals surface area contributed by atoms with Crippen molar-refractivity contribution in [1.82, 2.24) is 15.1 Å². The van der Waals surface area contributed by atoms with E-state index in [1.54, 1.807) is 12.1 Å². The van der Waals surface area contributed by atoms with Gasteiger partial charge in [0.2, 0.25) is 0 Å². The number of β-amino-alcohol motifs (C(OH)–C–C–N with tert-alkyl or cyclic N) is 1. The second-order valence-corrected chi connectivity index (χ2v) is 5.26. The molecule has 0 aliphatic carbocycles. The van der Waals surface area contributed by atoms with Gasteiger partial charge < -0.3 is 15.7 Å². The number of nitrogens with two attached hydrogens (primary N) is 1. The molecular weight excluding hydrogens is 300 g/mol. The third-order valence-corrected chi connectivity index (χ3v) is 3.67. The van der Waals surface area contributed by atoms with E-state index in [0.29, 0.717) is 38.4 Å². The van der Waals surface area contributed by atoms with Crippen LogP contribution in [0.5, 0.6) is 0 Å². The van der Waals surface area contributed by atoms with Gasteiger partial charge in [-0.2, -0.15) is 0 Å². The zero-order valence-corrected chi connectivity index (χ0v) is 12.7. The summed E-state index contributed by atoms with van der Waals surface area (Å²) in [6.45, 7) is 2.57. The molecule has 1 aromatic rings. The maximum absolute atomic E-state index is 12.1. The third-order valence-electron chi connectivity index (χ3n) is 3.67. The molecule has 1 heterocycles. The van der Waals surface area contributed by atoms with Gasteiger partial charge in [-0.25, -0.2) is 0 Å². The topological polar surface area (TPSA) is 116 Å². The lowest BCUT2D eigenvalue weighted by atomic mass is 10.2. The number of aliphatic hydroxyl groups excluding tert-OH is 1. The van der Waals surface area contributed by atoms with Crippen LogP contribution in [0.1, 0.15) is 10.4 Å². The molecule has 0 spiro atoms. The van der Waals surface area contributed by atoms with Gasteiger partial charge >= 0.3 is 11.8 Å². The number of nitrogens with one attached hydrogen (secondary N) is 1. The van der Waals surface area contributed by atoms with Crippen molar-refractivity contribution in [3.63, 3.8) is 0 Å². The fourth-order valence-electron chi connectivity index (χ4n) is 2.32. The number of amides is 3. The van der Waals surface area contributed by atoms with Gasteiger partial charge in [0.15, 0.2) is 0 Å². The average Bonchev–Trinajstić information content (AvgIpc) is 2.55. The molecule has 0 unspecified atom stereocenters. The Morgan fingerprint density at radius 2 is 1.70 bits per heavy atom. The van der Waals surface area contributed by atoms with Crippen LogP contribution in [0.3, 0.4) is 0 Å². The van der Waals surface area contributed by atoms with Crippen LogP contribution < -0.4 is 11.1 Å². The van der Waals surface area contributed by atoms with Crippen LogP contribution in [0.2, 0.25) is 0 Å². The Morgan fingerprint density at radius 3 is 2.26 bits per heavy atom. The van der Waals surface area contributed by atoms with Crippen molar-refractivity contribution in [3.8, 4) is 0 Å². The Labute approximate surface area is 133 Å². The van der Waals surface area contributed by atoms with Gasteiger partial charge in [0.05, 0.1) is 6.61 Å². The number of hydrogen-bond donors (Lipinski definition) is 3. The van der Waals surface area contributed by atoms with E-state index in [-0.39, 0.29) is 12.2 Å². The molecule has 2 rings (SSSR count). The number of rotatable bonds is 3. The molecule has 0 atom stereocenters.